The van der Waals surface area contributed by atoms with Crippen LogP contribution in [0.4, 0.5) is 0 Å². The highest BCUT2D eigenvalue weighted by Crippen LogP contribution is 2.35. The smallest absolute Gasteiger partial charge is 0.303 e. The second-order valence-electron chi connectivity index (χ2n) is 12.9. The summed E-state index contributed by atoms with van der Waals surface area (Å²) in [7, 11) is 0. The van der Waals surface area contributed by atoms with Gasteiger partial charge in [-0.25, -0.2) is 0 Å². The highest BCUT2D eigenvalue weighted by atomic mass is 32.2. The Bertz CT molecular complexity index is 1280. The van der Waals surface area contributed by atoms with Crippen molar-refractivity contribution in [2.75, 3.05) is 31.3 Å². The lowest BCUT2D eigenvalue weighted by atomic mass is 9.96. The molecule has 2 aliphatic heterocycles. The number of rotatable bonds is 22. The summed E-state index contributed by atoms with van der Waals surface area (Å²) < 4.78 is 62.8. The quantitative estimate of drug-likeness (QED) is 0.0871. The molecule has 0 aromatic rings. The Morgan fingerprint density at radius 1 is 0.473 bits per heavy atom. The molecule has 18 nitrogen and oxygen atoms in total. The maximum atomic E-state index is 12.6. The largest absolute Gasteiger partial charge is 0.463 e. The number of ether oxygens (including phenoxy) is 11. The van der Waals surface area contributed by atoms with Crippen LogP contribution >= 0.6 is 11.8 Å². The molecule has 0 radical (unpaired) electrons. The van der Waals surface area contributed by atoms with Crippen molar-refractivity contribution in [3.05, 3.63) is 0 Å². The van der Waals surface area contributed by atoms with E-state index in [9.17, 15) is 33.6 Å². The first-order valence-electron chi connectivity index (χ1n) is 18.3. The monoisotopic (exact) mass is 808 g/mol. The van der Waals surface area contributed by atoms with E-state index >= 15 is 0 Å². The van der Waals surface area contributed by atoms with Crippen molar-refractivity contribution < 1.29 is 85.7 Å². The van der Waals surface area contributed by atoms with Crippen LogP contribution < -0.4 is 0 Å². The molecule has 0 saturated carbocycles. The van der Waals surface area contributed by atoms with Crippen LogP contribution in [-0.4, -0.2) is 135 Å². The van der Waals surface area contributed by atoms with E-state index < -0.39 is 116 Å². The molecule has 2 saturated heterocycles. The van der Waals surface area contributed by atoms with Gasteiger partial charge in [-0.05, 0) is 12.2 Å². The van der Waals surface area contributed by atoms with E-state index in [2.05, 4.69) is 6.92 Å². The summed E-state index contributed by atoms with van der Waals surface area (Å²) in [6, 6.07) is 0. The van der Waals surface area contributed by atoms with Crippen molar-refractivity contribution >= 4 is 53.5 Å². The Morgan fingerprint density at radius 3 is 1.40 bits per heavy atom. The molecule has 0 spiro atoms. The summed E-state index contributed by atoms with van der Waals surface area (Å²) in [5, 5.41) is 0. The molecule has 2 fully saturated rings. The van der Waals surface area contributed by atoms with E-state index in [1.807, 2.05) is 0 Å². The second-order valence-corrected chi connectivity index (χ2v) is 14.1. The zero-order chi connectivity index (χ0) is 41.1. The van der Waals surface area contributed by atoms with Crippen LogP contribution in [-0.2, 0) is 85.7 Å². The van der Waals surface area contributed by atoms with Crippen LogP contribution in [0.2, 0.25) is 0 Å². The number of thioether (sulfide) groups is 1. The number of unbranched alkanes of at least 4 members (excludes halogenated alkanes) is 5. The Labute approximate surface area is 325 Å². The molecule has 0 aliphatic carbocycles. The van der Waals surface area contributed by atoms with Gasteiger partial charge in [0.05, 0.1) is 6.61 Å². The average molecular weight is 809 g/mol. The number of carbonyl (C=O) groups excluding carboxylic acids is 7. The van der Waals surface area contributed by atoms with Crippen LogP contribution in [0, 0.1) is 0 Å². The fourth-order valence-electron chi connectivity index (χ4n) is 5.92. The van der Waals surface area contributed by atoms with E-state index in [1.165, 1.54) is 25.7 Å². The molecule has 55 heavy (non-hydrogen) atoms. The molecule has 0 aromatic carbocycles. The van der Waals surface area contributed by atoms with Gasteiger partial charge in [0.25, 0.3) is 0 Å². The summed E-state index contributed by atoms with van der Waals surface area (Å²) in [5.74, 6) is -4.21. The summed E-state index contributed by atoms with van der Waals surface area (Å²) in [6.07, 6.45) is -8.13. The maximum absolute atomic E-state index is 12.6. The number of esters is 7. The van der Waals surface area contributed by atoms with E-state index in [4.69, 9.17) is 52.1 Å². The normalized spacial score (nSPS) is 27.6. The zero-order valence-electron chi connectivity index (χ0n) is 32.8. The van der Waals surface area contributed by atoms with Crippen molar-refractivity contribution in [2.45, 2.75) is 155 Å². The molecule has 314 valence electrons. The van der Waals surface area contributed by atoms with Gasteiger partial charge in [-0.2, -0.15) is 11.8 Å². The average Bonchev–Trinajstić information content (AvgIpc) is 3.07. The molecule has 0 bridgehead atoms. The van der Waals surface area contributed by atoms with E-state index in [-0.39, 0.29) is 6.61 Å². The lowest BCUT2D eigenvalue weighted by Gasteiger charge is -2.48. The molecular weight excluding hydrogens is 752 g/mol. The third-order valence-electron chi connectivity index (χ3n) is 8.04. The molecule has 2 aliphatic rings. The van der Waals surface area contributed by atoms with E-state index in [1.54, 1.807) is 11.8 Å². The van der Waals surface area contributed by atoms with Gasteiger partial charge in [-0.3, -0.25) is 33.6 Å². The highest BCUT2D eigenvalue weighted by Gasteiger charge is 2.57. The van der Waals surface area contributed by atoms with E-state index in [0.29, 0.717) is 5.75 Å². The zero-order valence-corrected chi connectivity index (χ0v) is 33.6. The predicted octanol–water partition coefficient (Wildman–Crippen LogP) is 2.72. The van der Waals surface area contributed by atoms with Crippen LogP contribution in [0.5, 0.6) is 0 Å². The molecule has 2 rings (SSSR count). The Balaban J connectivity index is 2.52. The van der Waals surface area contributed by atoms with Gasteiger partial charge in [-0.15, -0.1) is 0 Å². The fraction of sp³-hybridized carbons (Fsp3) is 0.806. The van der Waals surface area contributed by atoms with Crippen molar-refractivity contribution in [2.24, 2.45) is 0 Å². The SMILES string of the molecule is CCCCCCCCSCCO[C@H]1O[C@H](COC(C)=O)[C@H](O[C@@H]2O[C@H](COC(C)=O)[C@H](OC(C)=O)[C@H](OC(C)=O)[C@H]2OC(C)=O)[C@H](OC(C)=O)[C@H]1OC(C)=O. The lowest BCUT2D eigenvalue weighted by Crippen LogP contribution is -2.67. The third-order valence-corrected chi connectivity index (χ3v) is 9.07. The second kappa shape index (κ2) is 24.9. The van der Waals surface area contributed by atoms with Crippen LogP contribution in [0.15, 0.2) is 0 Å². The lowest BCUT2D eigenvalue weighted by molar-refractivity contribution is -0.360. The number of carbonyl (C=O) groups is 7. The summed E-state index contributed by atoms with van der Waals surface area (Å²) in [4.78, 5) is 85.8. The minimum atomic E-state index is -1.76. The van der Waals surface area contributed by atoms with E-state index in [0.717, 1.165) is 67.1 Å². The minimum absolute atomic E-state index is 0.140. The first-order chi connectivity index (χ1) is 26.0. The number of hydrogen-bond acceptors (Lipinski definition) is 19. The predicted molar refractivity (Wildman–Crippen MR) is 190 cm³/mol. The summed E-state index contributed by atoms with van der Waals surface area (Å²) >= 11 is 1.67. The fourth-order valence-corrected chi connectivity index (χ4v) is 6.74. The van der Waals surface area contributed by atoms with Crippen LogP contribution in [0.3, 0.4) is 0 Å². The molecule has 0 unspecified atom stereocenters. The van der Waals surface area contributed by atoms with Crippen LogP contribution in [0.25, 0.3) is 0 Å². The topological polar surface area (TPSA) is 221 Å². The maximum Gasteiger partial charge on any atom is 0.303 e. The van der Waals surface area contributed by atoms with Crippen molar-refractivity contribution in [1.82, 2.24) is 0 Å². The van der Waals surface area contributed by atoms with Gasteiger partial charge in [0, 0.05) is 54.2 Å². The van der Waals surface area contributed by atoms with Gasteiger partial charge in [0.2, 0.25) is 0 Å². The van der Waals surface area contributed by atoms with Crippen molar-refractivity contribution in [3.63, 3.8) is 0 Å². The molecule has 10 atom stereocenters. The highest BCUT2D eigenvalue weighted by molar-refractivity contribution is 7.99. The van der Waals surface area contributed by atoms with Crippen LogP contribution in [0.1, 0.15) is 93.9 Å². The minimum Gasteiger partial charge on any atom is -0.463 e. The Kier molecular flexibility index (Phi) is 21.5. The first kappa shape index (κ1) is 47.6. The van der Waals surface area contributed by atoms with Gasteiger partial charge < -0.3 is 52.1 Å². The molecule has 0 N–H and O–H groups in total. The molecular formula is C36H56O18S. The molecule has 19 heteroatoms. The molecule has 0 amide bonds. The number of hydrogen-bond donors (Lipinski definition) is 0. The van der Waals surface area contributed by atoms with Gasteiger partial charge in [0.1, 0.15) is 31.5 Å². The Morgan fingerprint density at radius 2 is 0.891 bits per heavy atom. The summed E-state index contributed by atoms with van der Waals surface area (Å²) in [6.45, 7) is 8.93. The standard InChI is InChI=1S/C36H56O18S/c1-9-10-11-12-13-14-16-55-17-15-44-35-33(50-25(7)42)32(49-24(6)41)30(28(52-35)19-46-21(3)38)54-36-34(51-26(8)43)31(48-23(5)40)29(47-22(4)39)27(53-36)18-45-20(2)37/h27-36H,9-19H2,1-8H3/t27-,28-,29+,30+,31+,32+,33-,34-,35+,36+/m1/s1. The Hall–Kier alpha value is -3.52. The van der Waals surface area contributed by atoms with Crippen molar-refractivity contribution in [3.8, 4) is 0 Å². The third kappa shape index (κ3) is 17.4. The first-order valence-corrected chi connectivity index (χ1v) is 19.5. The van der Waals surface area contributed by atoms with Gasteiger partial charge in [-0.1, -0.05) is 39.0 Å². The summed E-state index contributed by atoms with van der Waals surface area (Å²) in [5.41, 5.74) is 0. The van der Waals surface area contributed by atoms with Crippen molar-refractivity contribution in [1.29, 1.82) is 0 Å². The van der Waals surface area contributed by atoms with Gasteiger partial charge >= 0.3 is 41.8 Å². The molecule has 0 aromatic heterocycles. The van der Waals surface area contributed by atoms with Gasteiger partial charge in [0.15, 0.2) is 43.1 Å². The molecule has 2 heterocycles.